The van der Waals surface area contributed by atoms with Gasteiger partial charge in [-0.25, -0.2) is 0 Å². The molecule has 1 aromatic rings. The highest BCUT2D eigenvalue weighted by Gasteiger charge is 1.99. The van der Waals surface area contributed by atoms with Gasteiger partial charge in [-0.2, -0.15) is 0 Å². The van der Waals surface area contributed by atoms with Crippen LogP contribution < -0.4 is 10.6 Å². The first-order valence-electron chi connectivity index (χ1n) is 4.41. The third-order valence-corrected chi connectivity index (χ3v) is 1.96. The van der Waals surface area contributed by atoms with Crippen molar-refractivity contribution < 1.29 is 9.90 Å². The number of carboxylic acid groups (broad SMARTS) is 1. The quantitative estimate of drug-likeness (QED) is 0.677. The van der Waals surface area contributed by atoms with Crippen molar-refractivity contribution in [2.24, 2.45) is 0 Å². The van der Waals surface area contributed by atoms with Crippen molar-refractivity contribution in [2.45, 2.75) is 6.92 Å². The predicted octanol–water partition coefficient (Wildman–Crippen LogP) is 1.37. The Morgan fingerprint density at radius 3 is 2.53 bits per heavy atom. The highest BCUT2D eigenvalue weighted by Crippen LogP contribution is 2.07. The number of carboxylic acids is 1. The van der Waals surface area contributed by atoms with Crippen LogP contribution in [0.4, 0.5) is 5.69 Å². The van der Waals surface area contributed by atoms with Gasteiger partial charge in [0, 0.05) is 5.69 Å². The molecule has 3 N–H and O–H groups in total. The van der Waals surface area contributed by atoms with Crippen LogP contribution in [0.2, 0.25) is 0 Å². The first-order valence-corrected chi connectivity index (χ1v) is 4.82. The summed E-state index contributed by atoms with van der Waals surface area (Å²) in [5, 5.41) is 14.2. The van der Waals surface area contributed by atoms with Crippen LogP contribution in [-0.2, 0) is 4.79 Å². The Hall–Kier alpha value is -1.62. The van der Waals surface area contributed by atoms with Crippen LogP contribution in [0.15, 0.2) is 24.3 Å². The molecule has 0 fully saturated rings. The maximum Gasteiger partial charge on any atom is 0.322 e. The summed E-state index contributed by atoms with van der Waals surface area (Å²) in [6.07, 6.45) is 0. The normalized spacial score (nSPS) is 9.40. The number of hydrogen-bond donors (Lipinski definition) is 3. The average molecular weight is 224 g/mol. The number of anilines is 1. The third-order valence-electron chi connectivity index (χ3n) is 1.71. The fraction of sp³-hybridized carbons (Fsp3) is 0.200. The number of aliphatic carboxylic acids is 1. The first kappa shape index (κ1) is 11.5. The van der Waals surface area contributed by atoms with E-state index in [0.717, 1.165) is 11.3 Å². The van der Waals surface area contributed by atoms with Gasteiger partial charge >= 0.3 is 5.97 Å². The molecular weight excluding hydrogens is 212 g/mol. The Bertz CT molecular complexity index is 362. The number of aryl methyl sites for hydroxylation is 1. The van der Waals surface area contributed by atoms with Crippen molar-refractivity contribution in [1.29, 1.82) is 0 Å². The van der Waals surface area contributed by atoms with E-state index in [9.17, 15) is 4.79 Å². The summed E-state index contributed by atoms with van der Waals surface area (Å²) in [6.45, 7) is 1.81. The van der Waals surface area contributed by atoms with E-state index in [4.69, 9.17) is 17.3 Å². The molecule has 0 aliphatic rings. The van der Waals surface area contributed by atoms with Crippen molar-refractivity contribution in [3.05, 3.63) is 29.8 Å². The Labute approximate surface area is 93.3 Å². The van der Waals surface area contributed by atoms with Gasteiger partial charge in [-0.15, -0.1) is 0 Å². The zero-order valence-electron chi connectivity index (χ0n) is 8.28. The van der Waals surface area contributed by atoms with Crippen LogP contribution in [0, 0.1) is 6.92 Å². The molecule has 0 heterocycles. The van der Waals surface area contributed by atoms with E-state index in [1.165, 1.54) is 0 Å². The van der Waals surface area contributed by atoms with E-state index in [1.807, 2.05) is 31.2 Å². The van der Waals surface area contributed by atoms with Gasteiger partial charge < -0.3 is 15.7 Å². The minimum atomic E-state index is -0.942. The lowest BCUT2D eigenvalue weighted by atomic mass is 10.2. The molecule has 0 spiro atoms. The largest absolute Gasteiger partial charge is 0.480 e. The Morgan fingerprint density at radius 2 is 2.00 bits per heavy atom. The summed E-state index contributed by atoms with van der Waals surface area (Å²) in [5.74, 6) is -0.942. The fourth-order valence-electron chi connectivity index (χ4n) is 0.968. The summed E-state index contributed by atoms with van der Waals surface area (Å²) in [4.78, 5) is 10.3. The third kappa shape index (κ3) is 4.42. The van der Waals surface area contributed by atoms with Gasteiger partial charge in [0.1, 0.15) is 6.54 Å². The van der Waals surface area contributed by atoms with E-state index in [0.29, 0.717) is 5.11 Å². The van der Waals surface area contributed by atoms with Crippen LogP contribution in [0.25, 0.3) is 0 Å². The van der Waals surface area contributed by atoms with E-state index < -0.39 is 5.97 Å². The molecule has 0 amide bonds. The van der Waals surface area contributed by atoms with Crippen molar-refractivity contribution in [1.82, 2.24) is 5.32 Å². The van der Waals surface area contributed by atoms with Gasteiger partial charge in [-0.05, 0) is 31.3 Å². The van der Waals surface area contributed by atoms with E-state index in [-0.39, 0.29) is 6.54 Å². The topological polar surface area (TPSA) is 61.4 Å². The SMILES string of the molecule is Cc1ccc(NC(=S)NCC(=O)O)cc1. The second kappa shape index (κ2) is 5.31. The van der Waals surface area contributed by atoms with Crippen molar-refractivity contribution in [2.75, 3.05) is 11.9 Å². The van der Waals surface area contributed by atoms with Gasteiger partial charge in [-0.3, -0.25) is 4.79 Å². The molecule has 0 bridgehead atoms. The molecule has 5 heteroatoms. The minimum absolute atomic E-state index is 0.183. The molecule has 0 atom stereocenters. The van der Waals surface area contributed by atoms with Crippen LogP contribution in [-0.4, -0.2) is 22.7 Å². The Kier molecular flexibility index (Phi) is 4.05. The summed E-state index contributed by atoms with van der Waals surface area (Å²) in [5.41, 5.74) is 1.99. The maximum absolute atomic E-state index is 10.3. The summed E-state index contributed by atoms with van der Waals surface area (Å²) < 4.78 is 0. The molecular formula is C10H12N2O2S. The highest BCUT2D eigenvalue weighted by molar-refractivity contribution is 7.80. The van der Waals surface area contributed by atoms with Gasteiger partial charge in [0.25, 0.3) is 0 Å². The van der Waals surface area contributed by atoms with Gasteiger partial charge in [0.2, 0.25) is 0 Å². The summed E-state index contributed by atoms with van der Waals surface area (Å²) >= 11 is 4.90. The molecule has 4 nitrogen and oxygen atoms in total. The number of nitrogens with one attached hydrogen (secondary N) is 2. The lowest BCUT2D eigenvalue weighted by Gasteiger charge is -2.08. The number of rotatable bonds is 3. The second-order valence-electron chi connectivity index (χ2n) is 3.07. The lowest BCUT2D eigenvalue weighted by Crippen LogP contribution is -2.32. The van der Waals surface area contributed by atoms with Crippen LogP contribution in [0.5, 0.6) is 0 Å². The predicted molar refractivity (Wildman–Crippen MR) is 63.0 cm³/mol. The number of hydrogen-bond acceptors (Lipinski definition) is 2. The molecule has 0 radical (unpaired) electrons. The van der Waals surface area contributed by atoms with E-state index in [1.54, 1.807) is 0 Å². The summed E-state index contributed by atoms with van der Waals surface area (Å²) in [6, 6.07) is 7.65. The van der Waals surface area contributed by atoms with Crippen molar-refractivity contribution >= 4 is 29.0 Å². The molecule has 1 aromatic carbocycles. The van der Waals surface area contributed by atoms with Gasteiger partial charge in [-0.1, -0.05) is 17.7 Å². The van der Waals surface area contributed by atoms with Crippen LogP contribution >= 0.6 is 12.2 Å². The molecule has 0 saturated heterocycles. The van der Waals surface area contributed by atoms with Crippen molar-refractivity contribution in [3.8, 4) is 0 Å². The van der Waals surface area contributed by atoms with Crippen LogP contribution in [0.3, 0.4) is 0 Å². The standard InChI is InChI=1S/C10H12N2O2S/c1-7-2-4-8(5-3-7)12-10(15)11-6-9(13)14/h2-5H,6H2,1H3,(H,13,14)(H2,11,12,15). The molecule has 0 aliphatic carbocycles. The number of thiocarbonyl (C=S) groups is 1. The van der Waals surface area contributed by atoms with E-state index >= 15 is 0 Å². The zero-order valence-corrected chi connectivity index (χ0v) is 9.10. The zero-order chi connectivity index (χ0) is 11.3. The molecule has 0 saturated carbocycles. The second-order valence-corrected chi connectivity index (χ2v) is 3.48. The number of carbonyl (C=O) groups is 1. The summed E-state index contributed by atoms with van der Waals surface area (Å²) in [7, 11) is 0. The highest BCUT2D eigenvalue weighted by atomic mass is 32.1. The lowest BCUT2D eigenvalue weighted by molar-refractivity contribution is -0.135. The fourth-order valence-corrected chi connectivity index (χ4v) is 1.16. The van der Waals surface area contributed by atoms with Gasteiger partial charge in [0.15, 0.2) is 5.11 Å². The van der Waals surface area contributed by atoms with Crippen LogP contribution in [0.1, 0.15) is 5.56 Å². The Balaban J connectivity index is 2.44. The molecule has 0 aliphatic heterocycles. The molecule has 0 aromatic heterocycles. The average Bonchev–Trinajstić information content (AvgIpc) is 2.19. The first-order chi connectivity index (χ1) is 7.08. The van der Waals surface area contributed by atoms with Crippen molar-refractivity contribution in [3.63, 3.8) is 0 Å². The number of benzene rings is 1. The smallest absolute Gasteiger partial charge is 0.322 e. The van der Waals surface area contributed by atoms with E-state index in [2.05, 4.69) is 10.6 Å². The molecule has 0 unspecified atom stereocenters. The maximum atomic E-state index is 10.3. The monoisotopic (exact) mass is 224 g/mol. The minimum Gasteiger partial charge on any atom is -0.480 e. The Morgan fingerprint density at radius 1 is 1.40 bits per heavy atom. The molecule has 1 rings (SSSR count). The molecule has 80 valence electrons. The molecule has 15 heavy (non-hydrogen) atoms. The van der Waals surface area contributed by atoms with Gasteiger partial charge in [0.05, 0.1) is 0 Å².